The highest BCUT2D eigenvalue weighted by Crippen LogP contribution is 2.23. The minimum atomic E-state index is -0.297. The molecule has 80 valence electrons. The van der Waals surface area contributed by atoms with Gasteiger partial charge < -0.3 is 9.73 Å². The quantitative estimate of drug-likeness (QED) is 0.779. The normalized spacial score (nSPS) is 11.1. The van der Waals surface area contributed by atoms with Crippen LogP contribution in [0.15, 0.2) is 28.9 Å². The molecule has 0 radical (unpaired) electrons. The predicted octanol–water partition coefficient (Wildman–Crippen LogP) is 3.07. The lowest BCUT2D eigenvalue weighted by Crippen LogP contribution is -2.13. The van der Waals surface area contributed by atoms with E-state index in [9.17, 15) is 4.39 Å². The summed E-state index contributed by atoms with van der Waals surface area (Å²) < 4.78 is 18.5. The number of fused-ring (bicyclic) bond motifs is 1. The van der Waals surface area contributed by atoms with Crippen molar-refractivity contribution in [1.29, 1.82) is 0 Å². The van der Waals surface area contributed by atoms with Crippen molar-refractivity contribution in [3.05, 3.63) is 35.8 Å². The zero-order valence-electron chi connectivity index (χ0n) is 8.72. The Morgan fingerprint density at radius 1 is 1.40 bits per heavy atom. The van der Waals surface area contributed by atoms with Gasteiger partial charge in [0.05, 0.1) is 6.26 Å². The van der Waals surface area contributed by atoms with Gasteiger partial charge in [-0.3, -0.25) is 0 Å². The lowest BCUT2D eigenvalue weighted by atomic mass is 10.2. The maximum absolute atomic E-state index is 13.3. The van der Waals surface area contributed by atoms with Crippen LogP contribution in [-0.2, 0) is 6.54 Å². The highest BCUT2D eigenvalue weighted by atomic mass is 19.1. The van der Waals surface area contributed by atoms with Crippen molar-refractivity contribution in [3.8, 4) is 0 Å². The average molecular weight is 207 g/mol. The molecule has 2 aromatic rings. The molecule has 2 rings (SSSR count). The SMILES string of the molecule is CCCNCc1coc2c(F)cccc12. The molecule has 0 saturated heterocycles. The summed E-state index contributed by atoms with van der Waals surface area (Å²) in [6, 6.07) is 5.00. The third-order valence-electron chi connectivity index (χ3n) is 2.37. The van der Waals surface area contributed by atoms with E-state index in [1.807, 2.05) is 6.07 Å². The van der Waals surface area contributed by atoms with Gasteiger partial charge in [0, 0.05) is 17.5 Å². The Labute approximate surface area is 88.1 Å². The lowest BCUT2D eigenvalue weighted by Gasteiger charge is -2.00. The van der Waals surface area contributed by atoms with Crippen molar-refractivity contribution in [2.24, 2.45) is 0 Å². The Hall–Kier alpha value is -1.35. The molecule has 0 aliphatic heterocycles. The number of para-hydroxylation sites is 1. The van der Waals surface area contributed by atoms with Gasteiger partial charge in [-0.1, -0.05) is 19.1 Å². The average Bonchev–Trinajstić information content (AvgIpc) is 2.64. The van der Waals surface area contributed by atoms with E-state index in [-0.39, 0.29) is 5.82 Å². The fourth-order valence-corrected chi connectivity index (χ4v) is 1.61. The van der Waals surface area contributed by atoms with Crippen molar-refractivity contribution in [3.63, 3.8) is 0 Å². The second kappa shape index (κ2) is 4.45. The molecule has 0 spiro atoms. The smallest absolute Gasteiger partial charge is 0.169 e. The monoisotopic (exact) mass is 207 g/mol. The molecule has 0 atom stereocenters. The molecule has 3 heteroatoms. The highest BCUT2D eigenvalue weighted by Gasteiger charge is 2.08. The second-order valence-electron chi connectivity index (χ2n) is 3.55. The van der Waals surface area contributed by atoms with E-state index >= 15 is 0 Å². The summed E-state index contributed by atoms with van der Waals surface area (Å²) in [5, 5.41) is 4.13. The fraction of sp³-hybridized carbons (Fsp3) is 0.333. The van der Waals surface area contributed by atoms with Crippen LogP contribution in [0, 0.1) is 5.82 Å². The molecule has 2 nitrogen and oxygen atoms in total. The van der Waals surface area contributed by atoms with Crippen LogP contribution < -0.4 is 5.32 Å². The first kappa shape index (κ1) is 10.2. The van der Waals surface area contributed by atoms with Crippen molar-refractivity contribution in [2.45, 2.75) is 19.9 Å². The Morgan fingerprint density at radius 2 is 2.27 bits per heavy atom. The number of hydrogen-bond acceptors (Lipinski definition) is 2. The summed E-state index contributed by atoms with van der Waals surface area (Å²) in [6.07, 6.45) is 2.71. The van der Waals surface area contributed by atoms with Crippen LogP contribution >= 0.6 is 0 Å². The van der Waals surface area contributed by atoms with Gasteiger partial charge >= 0.3 is 0 Å². The maximum Gasteiger partial charge on any atom is 0.169 e. The van der Waals surface area contributed by atoms with Crippen molar-refractivity contribution in [2.75, 3.05) is 6.54 Å². The predicted molar refractivity (Wildman–Crippen MR) is 58.2 cm³/mol. The van der Waals surface area contributed by atoms with Crippen LogP contribution in [-0.4, -0.2) is 6.54 Å². The molecule has 0 bridgehead atoms. The minimum absolute atomic E-state index is 0.297. The molecule has 0 saturated carbocycles. The van der Waals surface area contributed by atoms with Gasteiger partial charge in [0.15, 0.2) is 11.4 Å². The van der Waals surface area contributed by atoms with E-state index in [4.69, 9.17) is 4.42 Å². The standard InChI is InChI=1S/C12H14FNO/c1-2-6-14-7-9-8-15-12-10(9)4-3-5-11(12)13/h3-5,8,14H,2,6-7H2,1H3. The van der Waals surface area contributed by atoms with E-state index in [2.05, 4.69) is 12.2 Å². The molecule has 0 aliphatic carbocycles. The summed E-state index contributed by atoms with van der Waals surface area (Å²) in [4.78, 5) is 0. The Balaban J connectivity index is 2.25. The number of nitrogens with one attached hydrogen (secondary N) is 1. The third-order valence-corrected chi connectivity index (χ3v) is 2.37. The maximum atomic E-state index is 13.3. The number of rotatable bonds is 4. The largest absolute Gasteiger partial charge is 0.461 e. The van der Waals surface area contributed by atoms with Gasteiger partial charge in [0.25, 0.3) is 0 Å². The topological polar surface area (TPSA) is 25.2 Å². The van der Waals surface area contributed by atoms with Crippen LogP contribution in [0.5, 0.6) is 0 Å². The Morgan fingerprint density at radius 3 is 3.07 bits per heavy atom. The molecular weight excluding hydrogens is 193 g/mol. The van der Waals surface area contributed by atoms with Crippen LogP contribution in [0.3, 0.4) is 0 Å². The highest BCUT2D eigenvalue weighted by molar-refractivity contribution is 5.81. The fourth-order valence-electron chi connectivity index (χ4n) is 1.61. The zero-order valence-corrected chi connectivity index (χ0v) is 8.72. The molecular formula is C12H14FNO. The molecule has 1 aromatic heterocycles. The summed E-state index contributed by atoms with van der Waals surface area (Å²) in [6.45, 7) is 3.80. The molecule has 1 N–H and O–H groups in total. The number of furan rings is 1. The van der Waals surface area contributed by atoms with Gasteiger partial charge in [-0.15, -0.1) is 0 Å². The third kappa shape index (κ3) is 2.02. The van der Waals surface area contributed by atoms with E-state index in [0.717, 1.165) is 30.5 Å². The van der Waals surface area contributed by atoms with Crippen LogP contribution in [0.2, 0.25) is 0 Å². The second-order valence-corrected chi connectivity index (χ2v) is 3.55. The molecule has 0 aliphatic rings. The molecule has 0 amide bonds. The van der Waals surface area contributed by atoms with Crippen LogP contribution in [0.4, 0.5) is 4.39 Å². The molecule has 0 fully saturated rings. The van der Waals surface area contributed by atoms with E-state index in [0.29, 0.717) is 5.58 Å². The number of benzene rings is 1. The Bertz CT molecular complexity index is 450. The summed E-state index contributed by atoms with van der Waals surface area (Å²) in [5.41, 5.74) is 1.36. The number of halogens is 1. The molecule has 1 aromatic carbocycles. The first-order valence-electron chi connectivity index (χ1n) is 5.18. The zero-order chi connectivity index (χ0) is 10.7. The number of hydrogen-bond donors (Lipinski definition) is 1. The van der Waals surface area contributed by atoms with Gasteiger partial charge in [-0.25, -0.2) is 4.39 Å². The van der Waals surface area contributed by atoms with Crippen molar-refractivity contribution in [1.82, 2.24) is 5.32 Å². The van der Waals surface area contributed by atoms with Gasteiger partial charge in [0.1, 0.15) is 0 Å². The minimum Gasteiger partial charge on any atom is -0.461 e. The van der Waals surface area contributed by atoms with E-state index < -0.39 is 0 Å². The van der Waals surface area contributed by atoms with E-state index in [1.165, 1.54) is 6.07 Å². The van der Waals surface area contributed by atoms with E-state index in [1.54, 1.807) is 12.3 Å². The summed E-state index contributed by atoms with van der Waals surface area (Å²) in [7, 11) is 0. The molecule has 1 heterocycles. The Kier molecular flexibility index (Phi) is 3.02. The first-order chi connectivity index (χ1) is 7.33. The van der Waals surface area contributed by atoms with Crippen LogP contribution in [0.25, 0.3) is 11.0 Å². The van der Waals surface area contributed by atoms with Crippen molar-refractivity contribution >= 4 is 11.0 Å². The van der Waals surface area contributed by atoms with Gasteiger partial charge in [-0.05, 0) is 19.0 Å². The first-order valence-corrected chi connectivity index (χ1v) is 5.18. The van der Waals surface area contributed by atoms with Gasteiger partial charge in [0.2, 0.25) is 0 Å². The van der Waals surface area contributed by atoms with Gasteiger partial charge in [-0.2, -0.15) is 0 Å². The molecule has 0 unspecified atom stereocenters. The van der Waals surface area contributed by atoms with Crippen LogP contribution in [0.1, 0.15) is 18.9 Å². The van der Waals surface area contributed by atoms with Crippen molar-refractivity contribution < 1.29 is 8.81 Å². The summed E-state index contributed by atoms with van der Waals surface area (Å²) in [5.74, 6) is -0.297. The summed E-state index contributed by atoms with van der Waals surface area (Å²) >= 11 is 0. The lowest BCUT2D eigenvalue weighted by molar-refractivity contribution is 0.556. The molecule has 15 heavy (non-hydrogen) atoms.